The topological polar surface area (TPSA) is 42.1 Å². The molecule has 0 aliphatic carbocycles. The van der Waals surface area contributed by atoms with Crippen molar-refractivity contribution >= 4 is 22.3 Å². The SMILES string of the molecule is CCC1CCN(c2ccc(N)c3cccnc23)CC1. The predicted molar refractivity (Wildman–Crippen MR) is 81.4 cm³/mol. The van der Waals surface area contributed by atoms with E-state index in [1.165, 1.54) is 24.9 Å². The van der Waals surface area contributed by atoms with Crippen molar-refractivity contribution in [3.8, 4) is 0 Å². The smallest absolute Gasteiger partial charge is 0.0955 e. The highest BCUT2D eigenvalue weighted by molar-refractivity contribution is 5.98. The molecule has 1 aromatic carbocycles. The summed E-state index contributed by atoms with van der Waals surface area (Å²) in [7, 11) is 0. The van der Waals surface area contributed by atoms with E-state index in [1.807, 2.05) is 18.3 Å². The Bertz CT molecular complexity index is 571. The molecule has 0 atom stereocenters. The largest absolute Gasteiger partial charge is 0.398 e. The lowest BCUT2D eigenvalue weighted by Crippen LogP contribution is -2.33. The van der Waals surface area contributed by atoms with E-state index < -0.39 is 0 Å². The molecule has 1 fully saturated rings. The van der Waals surface area contributed by atoms with Crippen molar-refractivity contribution in [2.45, 2.75) is 26.2 Å². The standard InChI is InChI=1S/C16H21N3/c1-2-12-7-10-19(11-8-12)15-6-5-14(17)13-4-3-9-18-16(13)15/h3-6,9,12H,2,7-8,10-11,17H2,1H3. The van der Waals surface area contributed by atoms with Crippen LogP contribution in [0.25, 0.3) is 10.9 Å². The molecule has 1 aliphatic rings. The number of aromatic nitrogens is 1. The van der Waals surface area contributed by atoms with E-state index in [0.29, 0.717) is 0 Å². The van der Waals surface area contributed by atoms with Crippen LogP contribution in [0, 0.1) is 5.92 Å². The molecule has 0 amide bonds. The van der Waals surface area contributed by atoms with Crippen molar-refractivity contribution in [3.63, 3.8) is 0 Å². The van der Waals surface area contributed by atoms with E-state index in [9.17, 15) is 0 Å². The molecule has 2 N–H and O–H groups in total. The molecule has 0 unspecified atom stereocenters. The zero-order valence-electron chi connectivity index (χ0n) is 11.5. The van der Waals surface area contributed by atoms with E-state index >= 15 is 0 Å². The van der Waals surface area contributed by atoms with Gasteiger partial charge in [-0.15, -0.1) is 0 Å². The quantitative estimate of drug-likeness (QED) is 0.836. The number of anilines is 2. The van der Waals surface area contributed by atoms with Crippen LogP contribution in [0.1, 0.15) is 26.2 Å². The lowest BCUT2D eigenvalue weighted by molar-refractivity contribution is 0.395. The van der Waals surface area contributed by atoms with E-state index in [2.05, 4.69) is 28.9 Å². The number of nitrogens with two attached hydrogens (primary N) is 1. The Labute approximate surface area is 114 Å². The Hall–Kier alpha value is -1.77. The number of hydrogen-bond acceptors (Lipinski definition) is 3. The molecular formula is C16H21N3. The number of rotatable bonds is 2. The van der Waals surface area contributed by atoms with Gasteiger partial charge in [-0.1, -0.05) is 13.3 Å². The molecule has 3 heteroatoms. The predicted octanol–water partition coefficient (Wildman–Crippen LogP) is 3.44. The first kappa shape index (κ1) is 12.3. The molecule has 0 bridgehead atoms. The number of pyridine rings is 1. The molecule has 100 valence electrons. The van der Waals surface area contributed by atoms with E-state index in [4.69, 9.17) is 5.73 Å². The maximum absolute atomic E-state index is 6.04. The lowest BCUT2D eigenvalue weighted by atomic mass is 9.94. The molecule has 0 radical (unpaired) electrons. The molecule has 0 saturated carbocycles. The van der Waals surface area contributed by atoms with Crippen molar-refractivity contribution in [2.75, 3.05) is 23.7 Å². The zero-order valence-corrected chi connectivity index (χ0v) is 11.5. The number of piperidine rings is 1. The molecule has 3 nitrogen and oxygen atoms in total. The summed E-state index contributed by atoms with van der Waals surface area (Å²) in [6.07, 6.45) is 5.73. The summed E-state index contributed by atoms with van der Waals surface area (Å²) in [6.45, 7) is 4.56. The number of hydrogen-bond donors (Lipinski definition) is 1. The first-order chi connectivity index (χ1) is 9.29. The van der Waals surface area contributed by atoms with Crippen LogP contribution in [0.4, 0.5) is 11.4 Å². The fourth-order valence-electron chi connectivity index (χ4n) is 3.02. The highest BCUT2D eigenvalue weighted by Gasteiger charge is 2.20. The number of benzene rings is 1. The van der Waals surface area contributed by atoms with Crippen molar-refractivity contribution in [3.05, 3.63) is 30.5 Å². The number of nitrogen functional groups attached to an aromatic ring is 1. The van der Waals surface area contributed by atoms with Gasteiger partial charge in [0.2, 0.25) is 0 Å². The van der Waals surface area contributed by atoms with Crippen LogP contribution in [0.15, 0.2) is 30.5 Å². The maximum atomic E-state index is 6.04. The Morgan fingerprint density at radius 3 is 2.79 bits per heavy atom. The van der Waals surface area contributed by atoms with Gasteiger partial charge in [0.15, 0.2) is 0 Å². The van der Waals surface area contributed by atoms with E-state index in [-0.39, 0.29) is 0 Å². The Morgan fingerprint density at radius 2 is 2.05 bits per heavy atom. The second-order valence-electron chi connectivity index (χ2n) is 5.41. The number of fused-ring (bicyclic) bond motifs is 1. The highest BCUT2D eigenvalue weighted by atomic mass is 15.1. The second kappa shape index (κ2) is 5.08. The van der Waals surface area contributed by atoms with Crippen LogP contribution in [-0.4, -0.2) is 18.1 Å². The van der Waals surface area contributed by atoms with Crippen molar-refractivity contribution in [1.29, 1.82) is 0 Å². The first-order valence-electron chi connectivity index (χ1n) is 7.17. The van der Waals surface area contributed by atoms with Gasteiger partial charge in [0.05, 0.1) is 11.2 Å². The summed E-state index contributed by atoms with van der Waals surface area (Å²) in [5.74, 6) is 0.893. The van der Waals surface area contributed by atoms with Crippen molar-refractivity contribution in [1.82, 2.24) is 4.98 Å². The van der Waals surface area contributed by atoms with Crippen LogP contribution < -0.4 is 10.6 Å². The molecule has 1 aliphatic heterocycles. The summed E-state index contributed by atoms with van der Waals surface area (Å²) in [6, 6.07) is 8.13. The first-order valence-corrected chi connectivity index (χ1v) is 7.17. The molecule has 2 heterocycles. The summed E-state index contributed by atoms with van der Waals surface area (Å²) in [4.78, 5) is 6.99. The summed E-state index contributed by atoms with van der Waals surface area (Å²) < 4.78 is 0. The van der Waals surface area contributed by atoms with Crippen LogP contribution in [-0.2, 0) is 0 Å². The molecule has 1 aromatic heterocycles. The monoisotopic (exact) mass is 255 g/mol. The van der Waals surface area contributed by atoms with Gasteiger partial charge in [0.25, 0.3) is 0 Å². The minimum atomic E-state index is 0.815. The maximum Gasteiger partial charge on any atom is 0.0955 e. The van der Waals surface area contributed by atoms with Gasteiger partial charge in [-0.05, 0) is 43.0 Å². The summed E-state index contributed by atoms with van der Waals surface area (Å²) in [5, 5.41) is 1.07. The molecule has 19 heavy (non-hydrogen) atoms. The third kappa shape index (κ3) is 2.25. The summed E-state index contributed by atoms with van der Waals surface area (Å²) >= 11 is 0. The molecule has 2 aromatic rings. The van der Waals surface area contributed by atoms with Crippen LogP contribution in [0.5, 0.6) is 0 Å². The third-order valence-electron chi connectivity index (χ3n) is 4.31. The highest BCUT2D eigenvalue weighted by Crippen LogP contribution is 2.32. The van der Waals surface area contributed by atoms with Crippen LogP contribution in [0.2, 0.25) is 0 Å². The minimum Gasteiger partial charge on any atom is -0.398 e. The zero-order chi connectivity index (χ0) is 13.2. The van der Waals surface area contributed by atoms with Gasteiger partial charge in [0.1, 0.15) is 0 Å². The average Bonchev–Trinajstić information content (AvgIpc) is 2.48. The van der Waals surface area contributed by atoms with Gasteiger partial charge >= 0.3 is 0 Å². The molecule has 3 rings (SSSR count). The Kier molecular flexibility index (Phi) is 3.28. The molecule has 1 saturated heterocycles. The summed E-state index contributed by atoms with van der Waals surface area (Å²) in [5.41, 5.74) is 9.13. The fraction of sp³-hybridized carbons (Fsp3) is 0.438. The van der Waals surface area contributed by atoms with Crippen LogP contribution >= 0.6 is 0 Å². The third-order valence-corrected chi connectivity index (χ3v) is 4.31. The van der Waals surface area contributed by atoms with Crippen molar-refractivity contribution < 1.29 is 0 Å². The minimum absolute atomic E-state index is 0.815. The van der Waals surface area contributed by atoms with E-state index in [0.717, 1.165) is 35.6 Å². The number of nitrogens with zero attached hydrogens (tertiary/aromatic N) is 2. The van der Waals surface area contributed by atoms with Gasteiger partial charge in [-0.2, -0.15) is 0 Å². The Balaban J connectivity index is 1.95. The Morgan fingerprint density at radius 1 is 1.26 bits per heavy atom. The van der Waals surface area contributed by atoms with E-state index in [1.54, 1.807) is 0 Å². The van der Waals surface area contributed by atoms with Crippen molar-refractivity contribution in [2.24, 2.45) is 5.92 Å². The molecular weight excluding hydrogens is 234 g/mol. The van der Waals surface area contributed by atoms with Crippen LogP contribution in [0.3, 0.4) is 0 Å². The second-order valence-corrected chi connectivity index (χ2v) is 5.41. The normalized spacial score (nSPS) is 17.0. The average molecular weight is 255 g/mol. The van der Waals surface area contributed by atoms with Gasteiger partial charge in [-0.3, -0.25) is 4.98 Å². The van der Waals surface area contributed by atoms with Gasteiger partial charge in [0, 0.05) is 30.4 Å². The molecule has 0 spiro atoms. The van der Waals surface area contributed by atoms with Gasteiger partial charge < -0.3 is 10.6 Å². The van der Waals surface area contributed by atoms with Gasteiger partial charge in [-0.25, -0.2) is 0 Å². The fourth-order valence-corrected chi connectivity index (χ4v) is 3.02. The lowest BCUT2D eigenvalue weighted by Gasteiger charge is -2.33.